The average molecular weight is 202 g/mol. The summed E-state index contributed by atoms with van der Waals surface area (Å²) in [4.78, 5) is 7.77. The van der Waals surface area contributed by atoms with Crippen molar-refractivity contribution in [3.8, 4) is 6.07 Å². The van der Waals surface area contributed by atoms with Gasteiger partial charge < -0.3 is 4.57 Å². The van der Waals surface area contributed by atoms with Crippen LogP contribution in [0.3, 0.4) is 0 Å². The molecule has 0 amide bonds. The van der Waals surface area contributed by atoms with E-state index in [1.165, 1.54) is 0 Å². The highest BCUT2D eigenvalue weighted by molar-refractivity contribution is 5.05. The van der Waals surface area contributed by atoms with Gasteiger partial charge in [-0.2, -0.15) is 5.26 Å². The number of aryl methyl sites for hydroxylation is 2. The Labute approximate surface area is 86.8 Å². The Kier molecular flexibility index (Phi) is 2.74. The average Bonchev–Trinajstić information content (AvgIpc) is 2.88. The molecule has 0 N–H and O–H groups in total. The van der Waals surface area contributed by atoms with Gasteiger partial charge in [0.25, 0.3) is 5.82 Å². The van der Waals surface area contributed by atoms with Gasteiger partial charge in [0.2, 0.25) is 0 Å². The van der Waals surface area contributed by atoms with Crippen molar-refractivity contribution in [1.29, 1.82) is 5.26 Å². The molecule has 0 saturated carbocycles. The van der Waals surface area contributed by atoms with E-state index in [2.05, 4.69) is 15.1 Å². The summed E-state index contributed by atoms with van der Waals surface area (Å²) in [7, 11) is 0. The Morgan fingerprint density at radius 2 is 2.27 bits per heavy atom. The molecule has 0 aliphatic heterocycles. The maximum absolute atomic E-state index is 8.53. The third-order valence-corrected chi connectivity index (χ3v) is 2.00. The standard InChI is InChI=1S/C9H10N6/c10-6-9-12-8-15(13-9)4-1-3-14-5-2-11-7-14/h2,5,7-8H,1,3-4H2. The van der Waals surface area contributed by atoms with Gasteiger partial charge in [-0.15, -0.1) is 5.10 Å². The molecule has 0 radical (unpaired) electrons. The molecule has 0 aliphatic rings. The van der Waals surface area contributed by atoms with E-state index in [0.29, 0.717) is 0 Å². The van der Waals surface area contributed by atoms with Crippen LogP contribution in [0.1, 0.15) is 12.2 Å². The SMILES string of the molecule is N#Cc1ncn(CCCn2ccnc2)n1. The van der Waals surface area contributed by atoms with E-state index in [-0.39, 0.29) is 5.82 Å². The summed E-state index contributed by atoms with van der Waals surface area (Å²) in [6.07, 6.45) is 7.96. The number of nitrogens with zero attached hydrogens (tertiary/aromatic N) is 6. The van der Waals surface area contributed by atoms with Crippen LogP contribution < -0.4 is 0 Å². The molecule has 2 heterocycles. The van der Waals surface area contributed by atoms with Crippen LogP contribution >= 0.6 is 0 Å². The van der Waals surface area contributed by atoms with Crippen molar-refractivity contribution < 1.29 is 0 Å². The van der Waals surface area contributed by atoms with Crippen molar-refractivity contribution in [1.82, 2.24) is 24.3 Å². The van der Waals surface area contributed by atoms with Crippen LogP contribution in [0.2, 0.25) is 0 Å². The minimum Gasteiger partial charge on any atom is -0.337 e. The summed E-state index contributed by atoms with van der Waals surface area (Å²) < 4.78 is 3.68. The van der Waals surface area contributed by atoms with Gasteiger partial charge in [-0.1, -0.05) is 0 Å². The third-order valence-electron chi connectivity index (χ3n) is 2.00. The van der Waals surface area contributed by atoms with Gasteiger partial charge in [0.15, 0.2) is 0 Å². The molecular formula is C9H10N6. The van der Waals surface area contributed by atoms with Gasteiger partial charge in [-0.25, -0.2) is 9.97 Å². The van der Waals surface area contributed by atoms with Crippen LogP contribution in [0.15, 0.2) is 25.0 Å². The van der Waals surface area contributed by atoms with E-state index >= 15 is 0 Å². The summed E-state index contributed by atoms with van der Waals surface area (Å²) in [5.41, 5.74) is 0. The van der Waals surface area contributed by atoms with Crippen molar-refractivity contribution in [2.75, 3.05) is 0 Å². The molecule has 0 saturated heterocycles. The number of rotatable bonds is 4. The fourth-order valence-corrected chi connectivity index (χ4v) is 1.29. The molecule has 76 valence electrons. The van der Waals surface area contributed by atoms with E-state index in [1.54, 1.807) is 23.5 Å². The van der Waals surface area contributed by atoms with Crippen molar-refractivity contribution in [2.24, 2.45) is 0 Å². The maximum Gasteiger partial charge on any atom is 0.252 e. The molecule has 0 aliphatic carbocycles. The lowest BCUT2D eigenvalue weighted by atomic mass is 10.4. The number of imidazole rings is 1. The van der Waals surface area contributed by atoms with Gasteiger partial charge in [-0.3, -0.25) is 4.68 Å². The van der Waals surface area contributed by atoms with E-state index in [9.17, 15) is 0 Å². The van der Waals surface area contributed by atoms with Crippen LogP contribution in [0, 0.1) is 11.3 Å². The van der Waals surface area contributed by atoms with E-state index in [1.807, 2.05) is 16.8 Å². The first-order chi connectivity index (χ1) is 7.38. The van der Waals surface area contributed by atoms with Gasteiger partial charge >= 0.3 is 0 Å². The highest BCUT2D eigenvalue weighted by Crippen LogP contribution is 1.94. The molecular weight excluding hydrogens is 192 g/mol. The second kappa shape index (κ2) is 4.37. The largest absolute Gasteiger partial charge is 0.337 e. The van der Waals surface area contributed by atoms with Gasteiger partial charge in [-0.05, 0) is 6.42 Å². The summed E-state index contributed by atoms with van der Waals surface area (Å²) in [5.74, 6) is 0.220. The maximum atomic E-state index is 8.53. The highest BCUT2D eigenvalue weighted by atomic mass is 15.3. The second-order valence-corrected chi connectivity index (χ2v) is 3.10. The lowest BCUT2D eigenvalue weighted by Gasteiger charge is -2.01. The topological polar surface area (TPSA) is 72.3 Å². The lowest BCUT2D eigenvalue weighted by Crippen LogP contribution is -2.03. The summed E-state index contributed by atoms with van der Waals surface area (Å²) in [5, 5.41) is 12.5. The van der Waals surface area contributed by atoms with Crippen molar-refractivity contribution in [2.45, 2.75) is 19.5 Å². The first-order valence-corrected chi connectivity index (χ1v) is 4.64. The molecule has 6 nitrogen and oxygen atoms in total. The Morgan fingerprint density at radius 1 is 1.33 bits per heavy atom. The van der Waals surface area contributed by atoms with Crippen molar-refractivity contribution in [3.63, 3.8) is 0 Å². The summed E-state index contributed by atoms with van der Waals surface area (Å²) >= 11 is 0. The predicted octanol–water partition coefficient (Wildman–Crippen LogP) is 0.437. The zero-order chi connectivity index (χ0) is 10.5. The smallest absolute Gasteiger partial charge is 0.252 e. The molecule has 0 bridgehead atoms. The van der Waals surface area contributed by atoms with Gasteiger partial charge in [0.05, 0.1) is 6.33 Å². The predicted molar refractivity (Wildman–Crippen MR) is 51.6 cm³/mol. The molecule has 0 atom stereocenters. The van der Waals surface area contributed by atoms with Crippen LogP contribution in [0.4, 0.5) is 0 Å². The van der Waals surface area contributed by atoms with Gasteiger partial charge in [0.1, 0.15) is 12.4 Å². The molecule has 2 aromatic rings. The Balaban J connectivity index is 1.81. The minimum absolute atomic E-state index is 0.220. The van der Waals surface area contributed by atoms with Crippen LogP contribution in [-0.4, -0.2) is 24.3 Å². The normalized spacial score (nSPS) is 10.1. The Bertz CT molecular complexity index is 449. The number of aromatic nitrogens is 5. The fourth-order valence-electron chi connectivity index (χ4n) is 1.29. The summed E-state index contributed by atoms with van der Waals surface area (Å²) in [6.45, 7) is 1.65. The van der Waals surface area contributed by atoms with Crippen LogP contribution in [0.5, 0.6) is 0 Å². The Hall–Kier alpha value is -2.16. The zero-order valence-electron chi connectivity index (χ0n) is 8.11. The molecule has 0 aromatic carbocycles. The van der Waals surface area contributed by atoms with E-state index in [4.69, 9.17) is 5.26 Å². The van der Waals surface area contributed by atoms with Crippen molar-refractivity contribution >= 4 is 0 Å². The molecule has 6 heteroatoms. The number of hydrogen-bond acceptors (Lipinski definition) is 4. The van der Waals surface area contributed by atoms with Gasteiger partial charge in [0, 0.05) is 25.5 Å². The highest BCUT2D eigenvalue weighted by Gasteiger charge is 1.98. The van der Waals surface area contributed by atoms with Crippen LogP contribution in [0.25, 0.3) is 0 Å². The van der Waals surface area contributed by atoms with Crippen molar-refractivity contribution in [3.05, 3.63) is 30.9 Å². The molecule has 2 rings (SSSR count). The second-order valence-electron chi connectivity index (χ2n) is 3.10. The molecule has 0 fully saturated rings. The van der Waals surface area contributed by atoms with E-state index in [0.717, 1.165) is 19.5 Å². The quantitative estimate of drug-likeness (QED) is 0.721. The molecule has 2 aromatic heterocycles. The van der Waals surface area contributed by atoms with Crippen LogP contribution in [-0.2, 0) is 13.1 Å². The number of nitriles is 1. The first kappa shape index (κ1) is 9.40. The fraction of sp³-hybridized carbons (Fsp3) is 0.333. The molecule has 15 heavy (non-hydrogen) atoms. The third kappa shape index (κ3) is 2.40. The zero-order valence-corrected chi connectivity index (χ0v) is 8.11. The van der Waals surface area contributed by atoms with E-state index < -0.39 is 0 Å². The summed E-state index contributed by atoms with van der Waals surface area (Å²) in [6, 6.07) is 1.89. The monoisotopic (exact) mass is 202 g/mol. The number of hydrogen-bond donors (Lipinski definition) is 0. The minimum atomic E-state index is 0.220. The molecule has 0 spiro atoms. The first-order valence-electron chi connectivity index (χ1n) is 4.64. The Morgan fingerprint density at radius 3 is 2.93 bits per heavy atom. The lowest BCUT2D eigenvalue weighted by molar-refractivity contribution is 0.525. The molecule has 0 unspecified atom stereocenters.